The maximum Gasteiger partial charge on any atom is 0.286 e. The highest BCUT2D eigenvalue weighted by molar-refractivity contribution is 8.15. The Bertz CT molecular complexity index is 1010. The second-order valence-electron chi connectivity index (χ2n) is 6.75. The van der Waals surface area contributed by atoms with Crippen LogP contribution >= 0.6 is 23.1 Å². The summed E-state index contributed by atoms with van der Waals surface area (Å²) in [7, 11) is 1.93. The van der Waals surface area contributed by atoms with Crippen molar-refractivity contribution in [2.24, 2.45) is 0 Å². The average molecular weight is 441 g/mol. The summed E-state index contributed by atoms with van der Waals surface area (Å²) in [5.74, 6) is 1.18. The van der Waals surface area contributed by atoms with Crippen LogP contribution < -0.4 is 15.0 Å². The number of rotatable bonds is 8. The number of thioether (sulfide) groups is 1. The molecule has 1 aromatic carbocycles. The quantitative estimate of drug-likeness (QED) is 0.573. The lowest BCUT2D eigenvalue weighted by Crippen LogP contribution is -2.25. The van der Waals surface area contributed by atoms with Crippen molar-refractivity contribution in [1.82, 2.24) is 15.3 Å². The molecular weight excluding hydrogens is 420 g/mol. The number of benzene rings is 1. The van der Waals surface area contributed by atoms with E-state index in [1.54, 1.807) is 11.3 Å². The number of anilines is 1. The summed E-state index contributed by atoms with van der Waals surface area (Å²) >= 11 is 2.70. The number of imide groups is 1. The molecule has 0 radical (unpaired) electrons. The second kappa shape index (κ2) is 9.27. The lowest BCUT2D eigenvalue weighted by molar-refractivity contribution is -0.118. The van der Waals surface area contributed by atoms with E-state index in [0.717, 1.165) is 33.5 Å². The van der Waals surface area contributed by atoms with Crippen molar-refractivity contribution in [3.05, 3.63) is 59.7 Å². The standard InChI is InChI=1S/C21H20N4O3S2/c1-25(20-22-12-15(13-23-20)17-3-2-10-29-17)8-9-28-16-6-4-14(5-7-16)11-18-19(26)24-21(27)30-18/h2-7,10,12-13,18H,8-9,11H2,1H3,(H,24,26,27). The van der Waals surface area contributed by atoms with E-state index < -0.39 is 0 Å². The summed E-state index contributed by atoms with van der Waals surface area (Å²) in [5, 5.41) is 3.70. The number of carbonyl (C=O) groups is 2. The van der Waals surface area contributed by atoms with Crippen LogP contribution in [0.3, 0.4) is 0 Å². The smallest absolute Gasteiger partial charge is 0.286 e. The average Bonchev–Trinajstić information content (AvgIpc) is 3.39. The molecule has 4 rings (SSSR count). The van der Waals surface area contributed by atoms with Gasteiger partial charge in [0, 0.05) is 29.9 Å². The normalized spacial score (nSPS) is 15.8. The summed E-state index contributed by atoms with van der Waals surface area (Å²) in [6.45, 7) is 1.13. The van der Waals surface area contributed by atoms with E-state index >= 15 is 0 Å². The largest absolute Gasteiger partial charge is 0.492 e. The number of nitrogens with one attached hydrogen (secondary N) is 1. The van der Waals surface area contributed by atoms with Crippen molar-refractivity contribution in [2.45, 2.75) is 11.7 Å². The van der Waals surface area contributed by atoms with E-state index in [0.29, 0.717) is 25.5 Å². The lowest BCUT2D eigenvalue weighted by atomic mass is 10.1. The SMILES string of the molecule is CN(CCOc1ccc(CC2SC(=O)NC2=O)cc1)c1ncc(-c2cccs2)cn1. The summed E-state index contributed by atoms with van der Waals surface area (Å²) in [4.78, 5) is 34.9. The first-order valence-corrected chi connectivity index (χ1v) is 11.1. The molecule has 1 fully saturated rings. The molecular formula is C21H20N4O3S2. The molecule has 1 aliphatic heterocycles. The minimum atomic E-state index is -0.357. The van der Waals surface area contributed by atoms with Crippen molar-refractivity contribution < 1.29 is 14.3 Å². The van der Waals surface area contributed by atoms with E-state index in [-0.39, 0.29) is 16.4 Å². The van der Waals surface area contributed by atoms with E-state index in [1.165, 1.54) is 0 Å². The number of aromatic nitrogens is 2. The molecule has 3 aromatic rings. The van der Waals surface area contributed by atoms with Gasteiger partial charge in [0.05, 0.1) is 11.8 Å². The molecule has 2 amide bonds. The first kappa shape index (κ1) is 20.4. The van der Waals surface area contributed by atoms with Crippen molar-refractivity contribution in [2.75, 3.05) is 25.1 Å². The molecule has 0 saturated carbocycles. The topological polar surface area (TPSA) is 84.4 Å². The molecule has 0 aliphatic carbocycles. The molecule has 9 heteroatoms. The number of hydrogen-bond acceptors (Lipinski definition) is 8. The fourth-order valence-electron chi connectivity index (χ4n) is 2.95. The Labute approximate surface area is 182 Å². The summed E-state index contributed by atoms with van der Waals surface area (Å²) < 4.78 is 5.81. The minimum Gasteiger partial charge on any atom is -0.492 e. The van der Waals surface area contributed by atoms with Gasteiger partial charge in [-0.15, -0.1) is 11.3 Å². The van der Waals surface area contributed by atoms with Crippen molar-refractivity contribution in [3.8, 4) is 16.2 Å². The number of thiophene rings is 1. The van der Waals surface area contributed by atoms with Crippen LogP contribution in [-0.4, -0.2) is 46.6 Å². The van der Waals surface area contributed by atoms with E-state index in [9.17, 15) is 9.59 Å². The van der Waals surface area contributed by atoms with Crippen LogP contribution in [-0.2, 0) is 11.2 Å². The Morgan fingerprint density at radius 3 is 2.53 bits per heavy atom. The molecule has 1 unspecified atom stereocenters. The van der Waals surface area contributed by atoms with Gasteiger partial charge in [0.25, 0.3) is 5.24 Å². The van der Waals surface area contributed by atoms with Gasteiger partial charge in [-0.2, -0.15) is 0 Å². The van der Waals surface area contributed by atoms with Gasteiger partial charge in [-0.1, -0.05) is 30.0 Å². The first-order chi connectivity index (χ1) is 14.6. The van der Waals surface area contributed by atoms with Crippen LogP contribution in [0.15, 0.2) is 54.2 Å². The molecule has 0 bridgehead atoms. The van der Waals surface area contributed by atoms with Crippen molar-refractivity contribution in [1.29, 1.82) is 0 Å². The lowest BCUT2D eigenvalue weighted by Gasteiger charge is -2.17. The zero-order chi connectivity index (χ0) is 20.9. The number of hydrogen-bond donors (Lipinski definition) is 1. The number of carbonyl (C=O) groups excluding carboxylic acids is 2. The highest BCUT2D eigenvalue weighted by atomic mass is 32.2. The predicted molar refractivity (Wildman–Crippen MR) is 119 cm³/mol. The van der Waals surface area contributed by atoms with Crippen LogP contribution in [0.1, 0.15) is 5.56 Å². The van der Waals surface area contributed by atoms with Gasteiger partial charge in [-0.05, 0) is 35.6 Å². The molecule has 1 saturated heterocycles. The van der Waals surface area contributed by atoms with E-state index in [2.05, 4.69) is 15.3 Å². The highest BCUT2D eigenvalue weighted by Gasteiger charge is 2.31. The fourth-order valence-corrected chi connectivity index (χ4v) is 4.51. The monoisotopic (exact) mass is 440 g/mol. The molecule has 3 heterocycles. The number of likely N-dealkylation sites (N-methyl/N-ethyl adjacent to an activating group) is 1. The van der Waals surface area contributed by atoms with Crippen LogP contribution in [0.25, 0.3) is 10.4 Å². The van der Waals surface area contributed by atoms with Gasteiger partial charge in [0.15, 0.2) is 0 Å². The first-order valence-electron chi connectivity index (χ1n) is 9.39. The molecule has 1 N–H and O–H groups in total. The Hall–Kier alpha value is -2.91. The molecule has 1 aliphatic rings. The van der Waals surface area contributed by atoms with E-state index in [1.807, 2.05) is 66.1 Å². The predicted octanol–water partition coefficient (Wildman–Crippen LogP) is 3.61. The van der Waals surface area contributed by atoms with Crippen LogP contribution in [0.2, 0.25) is 0 Å². The van der Waals surface area contributed by atoms with Crippen LogP contribution in [0.5, 0.6) is 5.75 Å². The maximum atomic E-state index is 11.7. The van der Waals surface area contributed by atoms with Gasteiger partial charge in [-0.25, -0.2) is 9.97 Å². The third kappa shape index (κ3) is 4.98. The van der Waals surface area contributed by atoms with Gasteiger partial charge in [0.2, 0.25) is 11.9 Å². The van der Waals surface area contributed by atoms with Gasteiger partial charge in [0.1, 0.15) is 12.4 Å². The van der Waals surface area contributed by atoms with Gasteiger partial charge in [-0.3, -0.25) is 14.9 Å². The minimum absolute atomic E-state index is 0.223. The number of amides is 2. The van der Waals surface area contributed by atoms with Crippen LogP contribution in [0.4, 0.5) is 10.7 Å². The zero-order valence-electron chi connectivity index (χ0n) is 16.3. The van der Waals surface area contributed by atoms with Gasteiger partial charge >= 0.3 is 0 Å². The molecule has 30 heavy (non-hydrogen) atoms. The fraction of sp³-hybridized carbons (Fsp3) is 0.238. The summed E-state index contributed by atoms with van der Waals surface area (Å²) in [5.41, 5.74) is 2.00. The maximum absolute atomic E-state index is 11.7. The third-order valence-electron chi connectivity index (χ3n) is 4.59. The van der Waals surface area contributed by atoms with Gasteiger partial charge < -0.3 is 9.64 Å². The van der Waals surface area contributed by atoms with E-state index in [4.69, 9.17) is 4.74 Å². The molecule has 154 valence electrons. The Kier molecular flexibility index (Phi) is 6.29. The van der Waals surface area contributed by atoms with Crippen molar-refractivity contribution in [3.63, 3.8) is 0 Å². The summed E-state index contributed by atoms with van der Waals surface area (Å²) in [6, 6.07) is 11.6. The van der Waals surface area contributed by atoms with Crippen LogP contribution in [0, 0.1) is 0 Å². The molecule has 2 aromatic heterocycles. The second-order valence-corrected chi connectivity index (χ2v) is 8.87. The Balaban J connectivity index is 1.25. The number of ether oxygens (including phenoxy) is 1. The Morgan fingerprint density at radius 1 is 1.13 bits per heavy atom. The molecule has 0 spiro atoms. The Morgan fingerprint density at radius 2 is 1.90 bits per heavy atom. The zero-order valence-corrected chi connectivity index (χ0v) is 17.9. The number of nitrogens with zero attached hydrogens (tertiary/aromatic N) is 3. The third-order valence-corrected chi connectivity index (χ3v) is 6.49. The highest BCUT2D eigenvalue weighted by Crippen LogP contribution is 2.25. The molecule has 1 atom stereocenters. The molecule has 7 nitrogen and oxygen atoms in total. The summed E-state index contributed by atoms with van der Waals surface area (Å²) in [6.07, 6.45) is 4.19. The van der Waals surface area contributed by atoms with Crippen molar-refractivity contribution >= 4 is 40.2 Å².